The number of hydrogen-bond donors (Lipinski definition) is 3. The zero-order valence-corrected chi connectivity index (χ0v) is 13.1. The summed E-state index contributed by atoms with van der Waals surface area (Å²) >= 11 is 3.36. The molecular formula is C14H22BrNO3. The van der Waals surface area contributed by atoms with Crippen LogP contribution in [0.15, 0.2) is 22.7 Å². The van der Waals surface area contributed by atoms with E-state index in [0.717, 1.165) is 4.47 Å². The van der Waals surface area contributed by atoms with Crippen LogP contribution in [0.25, 0.3) is 0 Å². The minimum atomic E-state index is -0.613. The quantitative estimate of drug-likeness (QED) is 0.717. The number of halogens is 1. The first-order valence-corrected chi connectivity index (χ1v) is 7.21. The Balaban J connectivity index is 2.57. The standard InChI is InChI=1S/C14H22BrNO3/c1-9(2)16-7-12(18)8-19-14-5-4-11(15)6-13(14)10(3)17/h4-6,9-10,12,16-18H,7-8H2,1-3H3. The molecule has 1 aromatic rings. The van der Waals surface area contributed by atoms with Crippen LogP contribution in [0.4, 0.5) is 0 Å². The molecule has 0 fully saturated rings. The summed E-state index contributed by atoms with van der Waals surface area (Å²) < 4.78 is 6.46. The molecule has 108 valence electrons. The van der Waals surface area contributed by atoms with Crippen LogP contribution in [0.1, 0.15) is 32.4 Å². The second-order valence-electron chi connectivity index (χ2n) is 4.89. The van der Waals surface area contributed by atoms with E-state index in [-0.39, 0.29) is 6.61 Å². The van der Waals surface area contributed by atoms with Gasteiger partial charge in [-0.1, -0.05) is 29.8 Å². The van der Waals surface area contributed by atoms with Gasteiger partial charge in [0.2, 0.25) is 0 Å². The Hall–Kier alpha value is -0.620. The first kappa shape index (κ1) is 16.4. The monoisotopic (exact) mass is 331 g/mol. The minimum Gasteiger partial charge on any atom is -0.490 e. The summed E-state index contributed by atoms with van der Waals surface area (Å²) in [5.41, 5.74) is 0.707. The maximum atomic E-state index is 9.78. The first-order valence-electron chi connectivity index (χ1n) is 6.42. The van der Waals surface area contributed by atoms with Crippen LogP contribution in [0.2, 0.25) is 0 Å². The third-order valence-electron chi connectivity index (χ3n) is 2.61. The molecule has 2 atom stereocenters. The van der Waals surface area contributed by atoms with Gasteiger partial charge in [0.1, 0.15) is 18.5 Å². The molecule has 0 aliphatic rings. The average Bonchev–Trinajstić information content (AvgIpc) is 2.34. The highest BCUT2D eigenvalue weighted by Gasteiger charge is 2.12. The molecule has 5 heteroatoms. The second-order valence-corrected chi connectivity index (χ2v) is 5.80. The van der Waals surface area contributed by atoms with Gasteiger partial charge >= 0.3 is 0 Å². The molecule has 0 bridgehead atoms. The van der Waals surface area contributed by atoms with Crippen molar-refractivity contribution in [3.05, 3.63) is 28.2 Å². The van der Waals surface area contributed by atoms with E-state index in [0.29, 0.717) is 23.9 Å². The summed E-state index contributed by atoms with van der Waals surface area (Å²) in [7, 11) is 0. The predicted molar refractivity (Wildman–Crippen MR) is 79.4 cm³/mol. The molecule has 3 N–H and O–H groups in total. The summed E-state index contributed by atoms with van der Waals surface area (Å²) in [6.07, 6.45) is -1.19. The summed E-state index contributed by atoms with van der Waals surface area (Å²) in [6, 6.07) is 5.78. The first-order chi connectivity index (χ1) is 8.90. The normalized spacial score (nSPS) is 14.5. The Morgan fingerprint density at radius 2 is 1.95 bits per heavy atom. The van der Waals surface area contributed by atoms with Gasteiger partial charge in [-0.15, -0.1) is 0 Å². The van der Waals surface area contributed by atoms with Crippen LogP contribution in [-0.4, -0.2) is 35.5 Å². The number of rotatable bonds is 7. The molecule has 0 radical (unpaired) electrons. The van der Waals surface area contributed by atoms with Gasteiger partial charge < -0.3 is 20.3 Å². The zero-order valence-electron chi connectivity index (χ0n) is 11.6. The molecular weight excluding hydrogens is 310 g/mol. The van der Waals surface area contributed by atoms with Crippen LogP contribution in [0.5, 0.6) is 5.75 Å². The van der Waals surface area contributed by atoms with Crippen molar-refractivity contribution in [2.24, 2.45) is 0 Å². The van der Waals surface area contributed by atoms with Crippen LogP contribution < -0.4 is 10.1 Å². The highest BCUT2D eigenvalue weighted by molar-refractivity contribution is 9.10. The largest absolute Gasteiger partial charge is 0.490 e. The molecule has 0 heterocycles. The van der Waals surface area contributed by atoms with E-state index < -0.39 is 12.2 Å². The molecule has 1 rings (SSSR count). The van der Waals surface area contributed by atoms with E-state index in [2.05, 4.69) is 21.2 Å². The fraction of sp³-hybridized carbons (Fsp3) is 0.571. The molecule has 0 amide bonds. The molecule has 0 aliphatic heterocycles. The number of nitrogens with one attached hydrogen (secondary N) is 1. The summed E-state index contributed by atoms with van der Waals surface area (Å²) in [5, 5.41) is 22.6. The summed E-state index contributed by atoms with van der Waals surface area (Å²) in [6.45, 7) is 6.41. The molecule has 0 saturated heterocycles. The Morgan fingerprint density at radius 1 is 1.26 bits per heavy atom. The van der Waals surface area contributed by atoms with Crippen molar-refractivity contribution < 1.29 is 14.9 Å². The van der Waals surface area contributed by atoms with Crippen molar-refractivity contribution in [2.75, 3.05) is 13.2 Å². The smallest absolute Gasteiger partial charge is 0.125 e. The van der Waals surface area contributed by atoms with E-state index >= 15 is 0 Å². The van der Waals surface area contributed by atoms with E-state index in [1.54, 1.807) is 13.0 Å². The van der Waals surface area contributed by atoms with Gasteiger partial charge in [0.25, 0.3) is 0 Å². The number of aliphatic hydroxyl groups is 2. The fourth-order valence-corrected chi connectivity index (χ4v) is 1.97. The van der Waals surface area contributed by atoms with E-state index in [1.807, 2.05) is 26.0 Å². The van der Waals surface area contributed by atoms with Crippen molar-refractivity contribution in [1.82, 2.24) is 5.32 Å². The third-order valence-corrected chi connectivity index (χ3v) is 3.11. The number of hydrogen-bond acceptors (Lipinski definition) is 4. The Bertz CT molecular complexity index is 396. The Labute approximate surface area is 122 Å². The molecule has 0 aliphatic carbocycles. The summed E-state index contributed by atoms with van der Waals surface area (Å²) in [5.74, 6) is 0.599. The van der Waals surface area contributed by atoms with Gasteiger partial charge in [0.05, 0.1) is 6.10 Å². The topological polar surface area (TPSA) is 61.7 Å². The minimum absolute atomic E-state index is 0.196. The predicted octanol–water partition coefficient (Wildman–Crippen LogP) is 2.24. The van der Waals surface area contributed by atoms with Crippen LogP contribution in [-0.2, 0) is 0 Å². The lowest BCUT2D eigenvalue weighted by Crippen LogP contribution is -2.35. The van der Waals surface area contributed by atoms with Crippen molar-refractivity contribution in [1.29, 1.82) is 0 Å². The van der Waals surface area contributed by atoms with Gasteiger partial charge in [0, 0.05) is 22.6 Å². The van der Waals surface area contributed by atoms with Crippen molar-refractivity contribution in [3.8, 4) is 5.75 Å². The molecule has 19 heavy (non-hydrogen) atoms. The number of ether oxygens (including phenoxy) is 1. The van der Waals surface area contributed by atoms with Crippen molar-refractivity contribution >= 4 is 15.9 Å². The van der Waals surface area contributed by atoms with E-state index in [4.69, 9.17) is 4.74 Å². The molecule has 4 nitrogen and oxygen atoms in total. The number of aliphatic hydroxyl groups excluding tert-OH is 2. The average molecular weight is 332 g/mol. The zero-order chi connectivity index (χ0) is 14.4. The van der Waals surface area contributed by atoms with Gasteiger partial charge in [-0.05, 0) is 25.1 Å². The summed E-state index contributed by atoms with van der Waals surface area (Å²) in [4.78, 5) is 0. The Morgan fingerprint density at radius 3 is 2.53 bits per heavy atom. The SMILES string of the molecule is CC(C)NCC(O)COc1ccc(Br)cc1C(C)O. The molecule has 0 aromatic heterocycles. The van der Waals surface area contributed by atoms with Crippen molar-refractivity contribution in [3.63, 3.8) is 0 Å². The molecule has 1 aromatic carbocycles. The second kappa shape index (κ2) is 7.85. The maximum absolute atomic E-state index is 9.78. The Kier molecular flexibility index (Phi) is 6.79. The van der Waals surface area contributed by atoms with E-state index in [9.17, 15) is 10.2 Å². The highest BCUT2D eigenvalue weighted by Crippen LogP contribution is 2.28. The van der Waals surface area contributed by atoms with E-state index in [1.165, 1.54) is 0 Å². The maximum Gasteiger partial charge on any atom is 0.125 e. The van der Waals surface area contributed by atoms with Crippen molar-refractivity contribution in [2.45, 2.75) is 39.0 Å². The van der Waals surface area contributed by atoms with Gasteiger partial charge in [0.15, 0.2) is 0 Å². The molecule has 0 spiro atoms. The third kappa shape index (κ3) is 5.91. The lowest BCUT2D eigenvalue weighted by atomic mass is 10.1. The molecule has 2 unspecified atom stereocenters. The fourth-order valence-electron chi connectivity index (χ4n) is 1.59. The van der Waals surface area contributed by atoms with Gasteiger partial charge in [-0.25, -0.2) is 0 Å². The highest BCUT2D eigenvalue weighted by atomic mass is 79.9. The van der Waals surface area contributed by atoms with Crippen LogP contribution in [0.3, 0.4) is 0 Å². The lowest BCUT2D eigenvalue weighted by molar-refractivity contribution is 0.101. The molecule has 0 saturated carbocycles. The number of benzene rings is 1. The van der Waals surface area contributed by atoms with Gasteiger partial charge in [-0.2, -0.15) is 0 Å². The van der Waals surface area contributed by atoms with Gasteiger partial charge in [-0.3, -0.25) is 0 Å². The van der Waals surface area contributed by atoms with Crippen LogP contribution >= 0.6 is 15.9 Å². The lowest BCUT2D eigenvalue weighted by Gasteiger charge is -2.17. The van der Waals surface area contributed by atoms with Crippen LogP contribution in [0, 0.1) is 0 Å².